The third kappa shape index (κ3) is 3.08. The highest BCUT2D eigenvalue weighted by molar-refractivity contribution is 6.30. The molecule has 2 aromatic rings. The summed E-state index contributed by atoms with van der Waals surface area (Å²) < 4.78 is 1.89. The van der Waals surface area contributed by atoms with E-state index in [-0.39, 0.29) is 0 Å². The van der Waals surface area contributed by atoms with Crippen LogP contribution in [0.15, 0.2) is 30.5 Å². The molecule has 0 aliphatic heterocycles. The number of rotatable bonds is 4. The van der Waals surface area contributed by atoms with Crippen LogP contribution in [0.5, 0.6) is 0 Å². The van der Waals surface area contributed by atoms with E-state index in [0.29, 0.717) is 0 Å². The minimum Gasteiger partial charge on any atom is -0.308 e. The van der Waals surface area contributed by atoms with Crippen LogP contribution >= 0.6 is 11.6 Å². The summed E-state index contributed by atoms with van der Waals surface area (Å²) in [6.07, 6.45) is 1.90. The van der Waals surface area contributed by atoms with Crippen LogP contribution in [0.25, 0.3) is 0 Å². The van der Waals surface area contributed by atoms with Crippen molar-refractivity contribution < 1.29 is 0 Å². The van der Waals surface area contributed by atoms with Gasteiger partial charge in [0, 0.05) is 36.4 Å². The second-order valence-corrected chi connectivity index (χ2v) is 4.55. The molecule has 2 rings (SSSR count). The first-order valence-corrected chi connectivity index (χ1v) is 5.97. The van der Waals surface area contributed by atoms with E-state index in [0.717, 1.165) is 18.1 Å². The van der Waals surface area contributed by atoms with E-state index in [1.54, 1.807) is 0 Å². The highest BCUT2D eigenvalue weighted by atomic mass is 35.5. The van der Waals surface area contributed by atoms with Gasteiger partial charge in [-0.25, -0.2) is 0 Å². The lowest BCUT2D eigenvalue weighted by atomic mass is 10.2. The largest absolute Gasteiger partial charge is 0.308 e. The standard InChI is InChI=1S/C13H16ClN3/c1-10-12(9-16-17(10)2)8-15-7-11-4-3-5-13(14)6-11/h3-6,9,15H,7-8H2,1-2H3. The molecule has 1 heterocycles. The van der Waals surface area contributed by atoms with Gasteiger partial charge < -0.3 is 5.32 Å². The zero-order valence-electron chi connectivity index (χ0n) is 10.1. The molecule has 0 saturated heterocycles. The Kier molecular flexibility index (Phi) is 3.82. The van der Waals surface area contributed by atoms with Gasteiger partial charge in [-0.1, -0.05) is 23.7 Å². The van der Waals surface area contributed by atoms with Gasteiger partial charge in [0.1, 0.15) is 0 Å². The topological polar surface area (TPSA) is 29.9 Å². The van der Waals surface area contributed by atoms with Crippen molar-refractivity contribution in [1.82, 2.24) is 15.1 Å². The molecule has 0 spiro atoms. The number of halogens is 1. The molecule has 0 radical (unpaired) electrons. The highest BCUT2D eigenvalue weighted by Gasteiger charge is 2.02. The summed E-state index contributed by atoms with van der Waals surface area (Å²) in [6, 6.07) is 7.89. The van der Waals surface area contributed by atoms with E-state index in [9.17, 15) is 0 Å². The Labute approximate surface area is 106 Å². The van der Waals surface area contributed by atoms with Crippen molar-refractivity contribution in [3.8, 4) is 0 Å². The van der Waals surface area contributed by atoms with Crippen LogP contribution in [0.3, 0.4) is 0 Å². The minimum absolute atomic E-state index is 0.779. The first-order chi connectivity index (χ1) is 8.16. The molecule has 0 amide bonds. The predicted octanol–water partition coefficient (Wildman–Crippen LogP) is 2.67. The fourth-order valence-corrected chi connectivity index (χ4v) is 1.92. The molecule has 0 aliphatic carbocycles. The first-order valence-electron chi connectivity index (χ1n) is 5.59. The number of nitrogens with zero attached hydrogens (tertiary/aromatic N) is 2. The van der Waals surface area contributed by atoms with Crippen molar-refractivity contribution >= 4 is 11.6 Å². The van der Waals surface area contributed by atoms with Gasteiger partial charge >= 0.3 is 0 Å². The number of nitrogens with one attached hydrogen (secondary N) is 1. The fourth-order valence-electron chi connectivity index (χ4n) is 1.71. The Bertz CT molecular complexity index is 505. The maximum absolute atomic E-state index is 5.93. The Morgan fingerprint density at radius 1 is 1.35 bits per heavy atom. The monoisotopic (exact) mass is 249 g/mol. The van der Waals surface area contributed by atoms with Crippen LogP contribution in [0, 0.1) is 6.92 Å². The maximum atomic E-state index is 5.93. The van der Waals surface area contributed by atoms with Crippen molar-refractivity contribution in [3.63, 3.8) is 0 Å². The quantitative estimate of drug-likeness (QED) is 0.903. The molecule has 0 atom stereocenters. The average molecular weight is 250 g/mol. The molecule has 90 valence electrons. The van der Waals surface area contributed by atoms with E-state index in [2.05, 4.69) is 23.4 Å². The van der Waals surface area contributed by atoms with E-state index >= 15 is 0 Å². The van der Waals surface area contributed by atoms with Gasteiger partial charge in [0.25, 0.3) is 0 Å². The van der Waals surface area contributed by atoms with Crippen molar-refractivity contribution in [2.75, 3.05) is 0 Å². The second kappa shape index (κ2) is 5.34. The van der Waals surface area contributed by atoms with E-state index < -0.39 is 0 Å². The molecular formula is C13H16ClN3. The zero-order chi connectivity index (χ0) is 12.3. The van der Waals surface area contributed by atoms with Gasteiger partial charge in [0.15, 0.2) is 0 Å². The van der Waals surface area contributed by atoms with Crippen LogP contribution in [-0.4, -0.2) is 9.78 Å². The molecule has 1 aromatic heterocycles. The molecule has 0 fully saturated rings. The Morgan fingerprint density at radius 2 is 2.18 bits per heavy atom. The molecule has 0 unspecified atom stereocenters. The van der Waals surface area contributed by atoms with Crippen LogP contribution < -0.4 is 5.32 Å². The summed E-state index contributed by atoms with van der Waals surface area (Å²) in [5, 5.41) is 8.38. The molecule has 4 heteroatoms. The summed E-state index contributed by atoms with van der Waals surface area (Å²) in [7, 11) is 1.95. The normalized spacial score (nSPS) is 10.8. The lowest BCUT2D eigenvalue weighted by Crippen LogP contribution is -2.13. The Morgan fingerprint density at radius 3 is 2.82 bits per heavy atom. The zero-order valence-corrected chi connectivity index (χ0v) is 10.8. The summed E-state index contributed by atoms with van der Waals surface area (Å²) in [4.78, 5) is 0. The van der Waals surface area contributed by atoms with Gasteiger partial charge in [-0.3, -0.25) is 4.68 Å². The first kappa shape index (κ1) is 12.1. The smallest absolute Gasteiger partial charge is 0.0537 e. The lowest BCUT2D eigenvalue weighted by molar-refractivity contribution is 0.684. The number of hydrogen-bond donors (Lipinski definition) is 1. The van der Waals surface area contributed by atoms with Gasteiger partial charge in [-0.05, 0) is 24.6 Å². The average Bonchev–Trinajstić information content (AvgIpc) is 2.61. The van der Waals surface area contributed by atoms with Crippen molar-refractivity contribution in [3.05, 3.63) is 52.3 Å². The second-order valence-electron chi connectivity index (χ2n) is 4.11. The van der Waals surface area contributed by atoms with E-state index in [1.807, 2.05) is 36.1 Å². The molecule has 0 saturated carbocycles. The molecule has 1 N–H and O–H groups in total. The number of benzene rings is 1. The van der Waals surface area contributed by atoms with Crippen molar-refractivity contribution in [1.29, 1.82) is 0 Å². The van der Waals surface area contributed by atoms with E-state index in [1.165, 1.54) is 16.8 Å². The van der Waals surface area contributed by atoms with Gasteiger partial charge in [0.05, 0.1) is 6.20 Å². The number of aryl methyl sites for hydroxylation is 1. The predicted molar refractivity (Wildman–Crippen MR) is 69.9 cm³/mol. The highest BCUT2D eigenvalue weighted by Crippen LogP contribution is 2.11. The minimum atomic E-state index is 0.779. The lowest BCUT2D eigenvalue weighted by Gasteiger charge is -2.05. The third-order valence-corrected chi connectivity index (χ3v) is 3.11. The molecule has 17 heavy (non-hydrogen) atoms. The van der Waals surface area contributed by atoms with Crippen LogP contribution in [0.2, 0.25) is 5.02 Å². The Balaban J connectivity index is 1.90. The van der Waals surface area contributed by atoms with E-state index in [4.69, 9.17) is 11.6 Å². The summed E-state index contributed by atoms with van der Waals surface area (Å²) in [5.74, 6) is 0. The van der Waals surface area contributed by atoms with Crippen molar-refractivity contribution in [2.45, 2.75) is 20.0 Å². The summed E-state index contributed by atoms with van der Waals surface area (Å²) in [6.45, 7) is 3.71. The van der Waals surface area contributed by atoms with Gasteiger partial charge in [0.2, 0.25) is 0 Å². The SMILES string of the molecule is Cc1c(CNCc2cccc(Cl)c2)cnn1C. The van der Waals surface area contributed by atoms with Gasteiger partial charge in [-0.15, -0.1) is 0 Å². The molecule has 3 nitrogen and oxygen atoms in total. The number of aromatic nitrogens is 2. The maximum Gasteiger partial charge on any atom is 0.0537 e. The van der Waals surface area contributed by atoms with Crippen LogP contribution in [0.1, 0.15) is 16.8 Å². The van der Waals surface area contributed by atoms with Gasteiger partial charge in [-0.2, -0.15) is 5.10 Å². The molecule has 1 aromatic carbocycles. The Hall–Kier alpha value is -1.32. The summed E-state index contributed by atoms with van der Waals surface area (Å²) in [5.41, 5.74) is 3.62. The molecular weight excluding hydrogens is 234 g/mol. The molecule has 0 bridgehead atoms. The summed E-state index contributed by atoms with van der Waals surface area (Å²) >= 11 is 5.93. The third-order valence-electron chi connectivity index (χ3n) is 2.87. The molecule has 0 aliphatic rings. The fraction of sp³-hybridized carbons (Fsp3) is 0.308. The number of hydrogen-bond acceptors (Lipinski definition) is 2. The van der Waals surface area contributed by atoms with Crippen molar-refractivity contribution in [2.24, 2.45) is 7.05 Å². The van der Waals surface area contributed by atoms with Crippen LogP contribution in [0.4, 0.5) is 0 Å². The van der Waals surface area contributed by atoms with Crippen LogP contribution in [-0.2, 0) is 20.1 Å².